The van der Waals surface area contributed by atoms with Gasteiger partial charge in [-0.25, -0.2) is 0 Å². The predicted octanol–water partition coefficient (Wildman–Crippen LogP) is 4.81. The molecule has 0 atom stereocenters. The van der Waals surface area contributed by atoms with Crippen molar-refractivity contribution in [2.75, 3.05) is 0 Å². The zero-order valence-electron chi connectivity index (χ0n) is 12.5. The first-order valence-corrected chi connectivity index (χ1v) is 7.54. The number of pyridine rings is 1. The maximum absolute atomic E-state index is 4.57. The lowest BCUT2D eigenvalue weighted by Gasteiger charge is -2.06. The van der Waals surface area contributed by atoms with Crippen molar-refractivity contribution < 1.29 is 0 Å². The summed E-state index contributed by atoms with van der Waals surface area (Å²) in [7, 11) is 0. The quantitative estimate of drug-likeness (QED) is 0.590. The number of nitrogens with one attached hydrogen (secondary N) is 1. The molecule has 0 unspecified atom stereocenters. The van der Waals surface area contributed by atoms with Gasteiger partial charge in [0.05, 0.1) is 11.4 Å². The van der Waals surface area contributed by atoms with Gasteiger partial charge < -0.3 is 0 Å². The highest BCUT2D eigenvalue weighted by Crippen LogP contribution is 2.37. The summed E-state index contributed by atoms with van der Waals surface area (Å²) in [6, 6.07) is 26.4. The lowest BCUT2D eigenvalue weighted by Crippen LogP contribution is -1.87. The minimum atomic E-state index is 0.890. The smallest absolute Gasteiger partial charge is 0.101 e. The monoisotopic (exact) mass is 297 g/mol. The van der Waals surface area contributed by atoms with Crippen LogP contribution in [0.5, 0.6) is 0 Å². The highest BCUT2D eigenvalue weighted by atomic mass is 15.1. The van der Waals surface area contributed by atoms with Gasteiger partial charge in [-0.05, 0) is 17.7 Å². The second-order valence-electron chi connectivity index (χ2n) is 5.27. The fraction of sp³-hybridized carbons (Fsp3) is 0. The fourth-order valence-corrected chi connectivity index (χ4v) is 2.73. The fourth-order valence-electron chi connectivity index (χ4n) is 2.73. The Kier molecular flexibility index (Phi) is 3.45. The van der Waals surface area contributed by atoms with Crippen molar-refractivity contribution >= 4 is 0 Å². The summed E-state index contributed by atoms with van der Waals surface area (Å²) in [6.07, 6.45) is 1.80. The number of benzene rings is 2. The molecule has 4 rings (SSSR count). The van der Waals surface area contributed by atoms with Crippen LogP contribution >= 0.6 is 0 Å². The molecule has 2 aromatic heterocycles. The van der Waals surface area contributed by atoms with Crippen LogP contribution in [0.3, 0.4) is 0 Å². The third-order valence-electron chi connectivity index (χ3n) is 3.80. The molecule has 2 heterocycles. The van der Waals surface area contributed by atoms with E-state index in [0.29, 0.717) is 0 Å². The average Bonchev–Trinajstić information content (AvgIpc) is 3.09. The van der Waals surface area contributed by atoms with E-state index in [0.717, 1.165) is 33.8 Å². The molecule has 0 aliphatic carbocycles. The van der Waals surface area contributed by atoms with Gasteiger partial charge >= 0.3 is 0 Å². The zero-order chi connectivity index (χ0) is 15.5. The Bertz CT molecular complexity index is 841. The summed E-state index contributed by atoms with van der Waals surface area (Å²) in [4.78, 5) is 4.47. The Morgan fingerprint density at radius 1 is 0.652 bits per heavy atom. The van der Waals surface area contributed by atoms with Crippen molar-refractivity contribution in [2.45, 2.75) is 0 Å². The van der Waals surface area contributed by atoms with Crippen molar-refractivity contribution in [3.05, 3.63) is 85.1 Å². The van der Waals surface area contributed by atoms with E-state index in [-0.39, 0.29) is 0 Å². The second kappa shape index (κ2) is 5.89. The van der Waals surface area contributed by atoms with E-state index in [1.807, 2.05) is 54.6 Å². The van der Waals surface area contributed by atoms with Gasteiger partial charge in [0, 0.05) is 17.3 Å². The Labute approximate surface area is 134 Å². The molecule has 0 fully saturated rings. The van der Waals surface area contributed by atoms with Crippen LogP contribution in [0.4, 0.5) is 0 Å². The molecule has 4 aromatic rings. The normalized spacial score (nSPS) is 10.6. The molecule has 0 spiro atoms. The van der Waals surface area contributed by atoms with Gasteiger partial charge in [-0.2, -0.15) is 5.10 Å². The van der Waals surface area contributed by atoms with E-state index in [1.165, 1.54) is 0 Å². The van der Waals surface area contributed by atoms with Crippen LogP contribution in [0.15, 0.2) is 85.1 Å². The number of hydrogen-bond acceptors (Lipinski definition) is 2. The molecule has 3 nitrogen and oxygen atoms in total. The number of nitrogens with zero attached hydrogens (tertiary/aromatic N) is 2. The van der Waals surface area contributed by atoms with Gasteiger partial charge in [0.2, 0.25) is 0 Å². The van der Waals surface area contributed by atoms with Crippen molar-refractivity contribution in [3.8, 4) is 33.8 Å². The van der Waals surface area contributed by atoms with Crippen LogP contribution in [-0.4, -0.2) is 15.2 Å². The lowest BCUT2D eigenvalue weighted by molar-refractivity contribution is 1.09. The first-order valence-electron chi connectivity index (χ1n) is 7.54. The molecule has 0 saturated carbocycles. The van der Waals surface area contributed by atoms with Gasteiger partial charge in [-0.3, -0.25) is 10.1 Å². The van der Waals surface area contributed by atoms with Gasteiger partial charge in [0.25, 0.3) is 0 Å². The van der Waals surface area contributed by atoms with E-state index in [2.05, 4.69) is 39.4 Å². The van der Waals surface area contributed by atoms with E-state index in [9.17, 15) is 0 Å². The highest BCUT2D eigenvalue weighted by Gasteiger charge is 2.18. The number of rotatable bonds is 3. The topological polar surface area (TPSA) is 41.6 Å². The molecule has 1 N–H and O–H groups in total. The first kappa shape index (κ1) is 13.5. The van der Waals surface area contributed by atoms with Crippen LogP contribution in [-0.2, 0) is 0 Å². The van der Waals surface area contributed by atoms with Crippen LogP contribution in [0.2, 0.25) is 0 Å². The summed E-state index contributed by atoms with van der Waals surface area (Å²) in [5, 5.41) is 7.75. The molecule has 0 aliphatic rings. The molecule has 3 heteroatoms. The van der Waals surface area contributed by atoms with E-state index in [1.54, 1.807) is 6.20 Å². The Morgan fingerprint density at radius 2 is 1.30 bits per heavy atom. The van der Waals surface area contributed by atoms with Crippen LogP contribution in [0.25, 0.3) is 33.8 Å². The molecule has 2 aromatic carbocycles. The number of hydrogen-bond donors (Lipinski definition) is 1. The average molecular weight is 297 g/mol. The molecule has 0 amide bonds. The maximum Gasteiger partial charge on any atom is 0.101 e. The van der Waals surface area contributed by atoms with Gasteiger partial charge in [-0.1, -0.05) is 66.7 Å². The van der Waals surface area contributed by atoms with E-state index >= 15 is 0 Å². The van der Waals surface area contributed by atoms with Crippen LogP contribution in [0.1, 0.15) is 0 Å². The van der Waals surface area contributed by atoms with E-state index in [4.69, 9.17) is 0 Å². The van der Waals surface area contributed by atoms with Gasteiger partial charge in [0.1, 0.15) is 5.69 Å². The van der Waals surface area contributed by atoms with Crippen LogP contribution in [0, 0.1) is 0 Å². The largest absolute Gasteiger partial charge is 0.275 e. The molecular formula is C20H15N3. The molecule has 0 saturated heterocycles. The predicted molar refractivity (Wildman–Crippen MR) is 92.7 cm³/mol. The summed E-state index contributed by atoms with van der Waals surface area (Å²) < 4.78 is 0. The number of H-pyrrole nitrogens is 1. The van der Waals surface area contributed by atoms with Crippen molar-refractivity contribution in [2.24, 2.45) is 0 Å². The molecular weight excluding hydrogens is 282 g/mol. The second-order valence-corrected chi connectivity index (χ2v) is 5.27. The van der Waals surface area contributed by atoms with Crippen molar-refractivity contribution in [1.29, 1.82) is 0 Å². The minimum absolute atomic E-state index is 0.890. The molecule has 0 bridgehead atoms. The Hall–Kier alpha value is -3.20. The van der Waals surface area contributed by atoms with Crippen LogP contribution < -0.4 is 0 Å². The number of aromatic amines is 1. The molecule has 110 valence electrons. The standard InChI is InChI=1S/C20H15N3/c1-3-9-15(10-4-1)18-19(16-11-5-2-6-12-16)22-23-20(18)17-13-7-8-14-21-17/h1-14H,(H,22,23). The molecule has 0 radical (unpaired) electrons. The van der Waals surface area contributed by atoms with E-state index < -0.39 is 0 Å². The number of aromatic nitrogens is 3. The summed E-state index contributed by atoms with van der Waals surface area (Å²) in [6.45, 7) is 0. The lowest BCUT2D eigenvalue weighted by atomic mass is 9.98. The summed E-state index contributed by atoms with van der Waals surface area (Å²) in [5.74, 6) is 0. The van der Waals surface area contributed by atoms with Gasteiger partial charge in [0.15, 0.2) is 0 Å². The third-order valence-corrected chi connectivity index (χ3v) is 3.80. The highest BCUT2D eigenvalue weighted by molar-refractivity contribution is 5.90. The van der Waals surface area contributed by atoms with Crippen molar-refractivity contribution in [3.63, 3.8) is 0 Å². The SMILES string of the molecule is c1ccc(-c2n[nH]c(-c3ccccn3)c2-c2ccccc2)cc1. The Balaban J connectivity index is 1.97. The summed E-state index contributed by atoms with van der Waals surface area (Å²) >= 11 is 0. The summed E-state index contributed by atoms with van der Waals surface area (Å²) in [5.41, 5.74) is 6.06. The first-order chi connectivity index (χ1) is 11.4. The van der Waals surface area contributed by atoms with Crippen molar-refractivity contribution in [1.82, 2.24) is 15.2 Å². The minimum Gasteiger partial charge on any atom is -0.275 e. The third kappa shape index (κ3) is 2.53. The van der Waals surface area contributed by atoms with Gasteiger partial charge in [-0.15, -0.1) is 0 Å². The Morgan fingerprint density at radius 3 is 1.96 bits per heavy atom. The zero-order valence-corrected chi connectivity index (χ0v) is 12.5. The molecule has 0 aliphatic heterocycles. The maximum atomic E-state index is 4.57. The molecule has 23 heavy (non-hydrogen) atoms.